The molecule has 0 unspecified atom stereocenters. The lowest BCUT2D eigenvalue weighted by Gasteiger charge is -2.00. The van der Waals surface area contributed by atoms with E-state index in [1.165, 1.54) is 41.8 Å². The van der Waals surface area contributed by atoms with E-state index < -0.39 is 5.91 Å². The highest BCUT2D eigenvalue weighted by molar-refractivity contribution is 7.14. The minimum atomic E-state index is -0.463. The molecule has 1 N–H and O–H groups in total. The highest BCUT2D eigenvalue weighted by Crippen LogP contribution is 2.26. The van der Waals surface area contributed by atoms with Crippen molar-refractivity contribution in [1.82, 2.24) is 15.0 Å². The lowest BCUT2D eigenvalue weighted by atomic mass is 10.2. The van der Waals surface area contributed by atoms with Gasteiger partial charge in [0.25, 0.3) is 5.91 Å². The Hall–Kier alpha value is -3.39. The van der Waals surface area contributed by atoms with Crippen LogP contribution in [-0.4, -0.2) is 20.9 Å². The predicted octanol–water partition coefficient (Wildman–Crippen LogP) is 4.56. The van der Waals surface area contributed by atoms with Gasteiger partial charge in [-0.05, 0) is 42.8 Å². The number of halogens is 1. The van der Waals surface area contributed by atoms with Crippen molar-refractivity contribution in [3.8, 4) is 22.8 Å². The molecule has 0 aliphatic rings. The third kappa shape index (κ3) is 3.61. The van der Waals surface area contributed by atoms with Crippen LogP contribution in [0.25, 0.3) is 22.8 Å². The van der Waals surface area contributed by atoms with Crippen LogP contribution in [0.1, 0.15) is 16.1 Å². The maximum absolute atomic E-state index is 13.0. The molecule has 3 heterocycles. The van der Waals surface area contributed by atoms with Gasteiger partial charge in [-0.15, -0.1) is 11.3 Å². The van der Waals surface area contributed by atoms with E-state index in [-0.39, 0.29) is 17.5 Å². The molecule has 4 rings (SSSR count). The zero-order valence-electron chi connectivity index (χ0n) is 14.1. The molecule has 1 aromatic carbocycles. The molecule has 27 heavy (non-hydrogen) atoms. The summed E-state index contributed by atoms with van der Waals surface area (Å²) >= 11 is 1.29. The minimum absolute atomic E-state index is 0.0418. The van der Waals surface area contributed by atoms with E-state index in [0.717, 1.165) is 11.3 Å². The number of hydrogen-bond acceptors (Lipinski definition) is 6. The number of carbonyl (C=O) groups excluding carboxylic acids is 1. The van der Waals surface area contributed by atoms with E-state index in [4.69, 9.17) is 4.42 Å². The zero-order valence-corrected chi connectivity index (χ0v) is 15.0. The number of aromatic nitrogens is 3. The molecule has 0 atom stereocenters. The second-order valence-corrected chi connectivity index (χ2v) is 6.56. The number of nitrogens with zero attached hydrogens (tertiary/aromatic N) is 3. The van der Waals surface area contributed by atoms with Crippen molar-refractivity contribution in [1.29, 1.82) is 0 Å². The van der Waals surface area contributed by atoms with Crippen LogP contribution >= 0.6 is 11.3 Å². The summed E-state index contributed by atoms with van der Waals surface area (Å²) in [4.78, 5) is 25.2. The molecule has 0 radical (unpaired) electrons. The number of carbonyl (C=O) groups is 1. The van der Waals surface area contributed by atoms with Crippen LogP contribution < -0.4 is 5.32 Å². The van der Waals surface area contributed by atoms with Crippen molar-refractivity contribution < 1.29 is 13.6 Å². The van der Waals surface area contributed by atoms with Crippen molar-refractivity contribution in [2.24, 2.45) is 0 Å². The number of pyridine rings is 1. The average molecular weight is 380 g/mol. The van der Waals surface area contributed by atoms with Crippen molar-refractivity contribution in [2.75, 3.05) is 5.32 Å². The van der Waals surface area contributed by atoms with Gasteiger partial charge < -0.3 is 4.42 Å². The summed E-state index contributed by atoms with van der Waals surface area (Å²) < 4.78 is 18.5. The Morgan fingerprint density at radius 1 is 1.19 bits per heavy atom. The van der Waals surface area contributed by atoms with Crippen molar-refractivity contribution in [2.45, 2.75) is 6.92 Å². The maximum atomic E-state index is 13.0. The number of rotatable bonds is 4. The lowest BCUT2D eigenvalue weighted by molar-refractivity contribution is 0.0997. The first-order valence-electron chi connectivity index (χ1n) is 8.01. The van der Waals surface area contributed by atoms with Gasteiger partial charge in [0, 0.05) is 17.1 Å². The van der Waals surface area contributed by atoms with E-state index >= 15 is 0 Å². The highest BCUT2D eigenvalue weighted by Gasteiger charge is 2.16. The van der Waals surface area contributed by atoms with Crippen LogP contribution in [0.15, 0.2) is 58.6 Å². The number of aryl methyl sites for hydroxylation is 1. The molecule has 0 aliphatic carbocycles. The first kappa shape index (κ1) is 17.0. The first-order chi connectivity index (χ1) is 13.1. The SMILES string of the molecule is Cc1cccnc1-c1csc(NC(=O)c2cnc(-c3ccc(F)cc3)o2)n1. The Labute approximate surface area is 157 Å². The molecule has 0 fully saturated rings. The number of amides is 1. The van der Waals surface area contributed by atoms with Gasteiger partial charge in [-0.1, -0.05) is 6.07 Å². The standard InChI is InChI=1S/C19H13FN4O2S/c1-11-3-2-8-21-16(11)14-10-27-19(23-14)24-17(25)15-9-22-18(26-15)12-4-6-13(20)7-5-12/h2-10H,1H3,(H,23,24,25). The molecule has 8 heteroatoms. The summed E-state index contributed by atoms with van der Waals surface area (Å²) in [6, 6.07) is 9.48. The monoisotopic (exact) mass is 380 g/mol. The van der Waals surface area contributed by atoms with E-state index in [1.807, 2.05) is 24.4 Å². The van der Waals surface area contributed by atoms with Gasteiger partial charge in [-0.25, -0.2) is 14.4 Å². The van der Waals surface area contributed by atoms with Gasteiger partial charge in [-0.3, -0.25) is 15.1 Å². The molecule has 0 saturated heterocycles. The van der Waals surface area contributed by atoms with Gasteiger partial charge in [0.1, 0.15) is 11.5 Å². The van der Waals surface area contributed by atoms with Gasteiger partial charge >= 0.3 is 0 Å². The molecular weight excluding hydrogens is 367 g/mol. The van der Waals surface area contributed by atoms with Crippen LogP contribution in [0.5, 0.6) is 0 Å². The summed E-state index contributed by atoms with van der Waals surface area (Å²) in [6.45, 7) is 1.95. The topological polar surface area (TPSA) is 80.9 Å². The summed E-state index contributed by atoms with van der Waals surface area (Å²) in [5.41, 5.74) is 3.04. The Morgan fingerprint density at radius 2 is 2.00 bits per heavy atom. The van der Waals surface area contributed by atoms with Crippen LogP contribution in [0.4, 0.5) is 9.52 Å². The van der Waals surface area contributed by atoms with Crippen LogP contribution in [0.2, 0.25) is 0 Å². The van der Waals surface area contributed by atoms with Crippen LogP contribution in [0.3, 0.4) is 0 Å². The normalized spacial score (nSPS) is 10.7. The molecule has 134 valence electrons. The Bertz CT molecular complexity index is 1100. The van der Waals surface area contributed by atoms with Gasteiger partial charge in [0.15, 0.2) is 5.13 Å². The number of benzene rings is 1. The van der Waals surface area contributed by atoms with Crippen LogP contribution in [0, 0.1) is 12.7 Å². The second kappa shape index (κ2) is 7.08. The predicted molar refractivity (Wildman–Crippen MR) is 99.9 cm³/mol. The number of nitrogens with one attached hydrogen (secondary N) is 1. The Kier molecular flexibility index (Phi) is 4.47. The van der Waals surface area contributed by atoms with Crippen molar-refractivity contribution >= 4 is 22.4 Å². The van der Waals surface area contributed by atoms with Gasteiger partial charge in [0.05, 0.1) is 11.9 Å². The molecule has 0 bridgehead atoms. The fourth-order valence-corrected chi connectivity index (χ4v) is 3.15. The van der Waals surface area contributed by atoms with Gasteiger partial charge in [-0.2, -0.15) is 0 Å². The second-order valence-electron chi connectivity index (χ2n) is 5.70. The summed E-state index contributed by atoms with van der Waals surface area (Å²) in [5, 5.41) is 4.95. The molecule has 4 aromatic rings. The number of oxazole rings is 1. The van der Waals surface area contributed by atoms with E-state index in [2.05, 4.69) is 20.3 Å². The molecule has 1 amide bonds. The smallest absolute Gasteiger partial charge is 0.294 e. The van der Waals surface area contributed by atoms with Crippen molar-refractivity contribution in [3.05, 3.63) is 71.3 Å². The fourth-order valence-electron chi connectivity index (χ4n) is 2.46. The molecule has 3 aromatic heterocycles. The number of thiazole rings is 1. The molecular formula is C19H13FN4O2S. The van der Waals surface area contributed by atoms with E-state index in [0.29, 0.717) is 16.4 Å². The van der Waals surface area contributed by atoms with Crippen LogP contribution in [-0.2, 0) is 0 Å². The first-order valence-corrected chi connectivity index (χ1v) is 8.89. The lowest BCUT2D eigenvalue weighted by Crippen LogP contribution is -2.10. The highest BCUT2D eigenvalue weighted by atomic mass is 32.1. The molecule has 0 saturated carbocycles. The largest absolute Gasteiger partial charge is 0.431 e. The van der Waals surface area contributed by atoms with Gasteiger partial charge in [0.2, 0.25) is 11.7 Å². The molecule has 0 spiro atoms. The fraction of sp³-hybridized carbons (Fsp3) is 0.0526. The van der Waals surface area contributed by atoms with E-state index in [1.54, 1.807) is 6.20 Å². The quantitative estimate of drug-likeness (QED) is 0.561. The summed E-state index contributed by atoms with van der Waals surface area (Å²) in [7, 11) is 0. The van der Waals surface area contributed by atoms with Crippen molar-refractivity contribution in [3.63, 3.8) is 0 Å². The summed E-state index contributed by atoms with van der Waals surface area (Å²) in [5.74, 6) is -0.537. The third-order valence-corrected chi connectivity index (χ3v) is 4.56. The molecule has 0 aliphatic heterocycles. The average Bonchev–Trinajstić information content (AvgIpc) is 3.33. The maximum Gasteiger partial charge on any atom is 0.294 e. The Morgan fingerprint density at radius 3 is 2.78 bits per heavy atom. The zero-order chi connectivity index (χ0) is 18.8. The Balaban J connectivity index is 1.50. The minimum Gasteiger partial charge on any atom is -0.431 e. The molecule has 6 nitrogen and oxygen atoms in total. The summed E-state index contributed by atoms with van der Waals surface area (Å²) in [6.07, 6.45) is 3.02. The van der Waals surface area contributed by atoms with E-state index in [9.17, 15) is 9.18 Å². The third-order valence-electron chi connectivity index (χ3n) is 3.80. The number of hydrogen-bond donors (Lipinski definition) is 1. The number of anilines is 1.